The lowest BCUT2D eigenvalue weighted by Crippen LogP contribution is -2.43. The molecule has 0 amide bonds. The van der Waals surface area contributed by atoms with Crippen molar-refractivity contribution in [3.8, 4) is 6.07 Å². The number of rotatable bonds is 1. The zero-order valence-electron chi connectivity index (χ0n) is 7.36. The van der Waals surface area contributed by atoms with Crippen LogP contribution in [0.4, 0.5) is 0 Å². The Kier molecular flexibility index (Phi) is 1.91. The van der Waals surface area contributed by atoms with E-state index >= 15 is 0 Å². The first-order chi connectivity index (χ1) is 6.30. The van der Waals surface area contributed by atoms with E-state index in [4.69, 9.17) is 5.26 Å². The van der Waals surface area contributed by atoms with E-state index in [1.165, 1.54) is 0 Å². The largest absolute Gasteiger partial charge is 0.303 e. The number of nitrogens with zero attached hydrogens (tertiary/aromatic N) is 3. The van der Waals surface area contributed by atoms with E-state index in [1.54, 1.807) is 6.08 Å². The monoisotopic (exact) mass is 177 g/mol. The van der Waals surface area contributed by atoms with Crippen molar-refractivity contribution < 1.29 is 4.79 Å². The highest BCUT2D eigenvalue weighted by Gasteiger charge is 2.46. The maximum Gasteiger partial charge on any atom is 0.236 e. The van der Waals surface area contributed by atoms with E-state index in [9.17, 15) is 4.79 Å². The van der Waals surface area contributed by atoms with Crippen LogP contribution < -0.4 is 0 Å². The maximum atomic E-state index is 10.3. The van der Waals surface area contributed by atoms with Crippen LogP contribution in [0, 0.1) is 17.2 Å². The summed E-state index contributed by atoms with van der Waals surface area (Å²) < 4.78 is 0. The molecule has 68 valence electrons. The molecule has 3 atom stereocenters. The van der Waals surface area contributed by atoms with Crippen molar-refractivity contribution >= 4 is 6.08 Å². The van der Waals surface area contributed by atoms with Gasteiger partial charge in [-0.1, -0.05) is 0 Å². The summed E-state index contributed by atoms with van der Waals surface area (Å²) in [6.45, 7) is 2.84. The van der Waals surface area contributed by atoms with Crippen LogP contribution in [0.15, 0.2) is 4.99 Å². The molecule has 3 unspecified atom stereocenters. The van der Waals surface area contributed by atoms with Crippen LogP contribution in [0.1, 0.15) is 12.8 Å². The second-order valence-electron chi connectivity index (χ2n) is 3.78. The number of isocyanates is 1. The van der Waals surface area contributed by atoms with Crippen molar-refractivity contribution in [2.75, 3.05) is 19.6 Å². The fourth-order valence-electron chi connectivity index (χ4n) is 2.36. The molecule has 2 fully saturated rings. The number of hydrogen-bond donors (Lipinski definition) is 0. The van der Waals surface area contributed by atoms with Gasteiger partial charge < -0.3 is 4.90 Å². The van der Waals surface area contributed by atoms with E-state index in [0.717, 1.165) is 26.1 Å². The van der Waals surface area contributed by atoms with E-state index in [0.29, 0.717) is 6.42 Å². The summed E-state index contributed by atoms with van der Waals surface area (Å²) in [4.78, 5) is 16.3. The molecule has 13 heavy (non-hydrogen) atoms. The minimum absolute atomic E-state index is 0.243. The molecule has 4 nitrogen and oxygen atoms in total. The van der Waals surface area contributed by atoms with Crippen LogP contribution in [-0.2, 0) is 4.79 Å². The number of hydrogen-bond acceptors (Lipinski definition) is 4. The van der Waals surface area contributed by atoms with E-state index in [2.05, 4.69) is 16.0 Å². The minimum atomic E-state index is -0.755. The molecule has 0 N–H and O–H groups in total. The van der Waals surface area contributed by atoms with E-state index in [1.807, 2.05) is 0 Å². The van der Waals surface area contributed by atoms with Gasteiger partial charge in [0.05, 0.1) is 6.07 Å². The molecule has 2 aliphatic rings. The molecule has 0 aromatic heterocycles. The average Bonchev–Trinajstić information content (AvgIpc) is 2.56. The third-order valence-corrected chi connectivity index (χ3v) is 3.20. The fraction of sp³-hybridized carbons (Fsp3) is 0.778. The highest BCUT2D eigenvalue weighted by Crippen LogP contribution is 2.37. The topological polar surface area (TPSA) is 56.5 Å². The summed E-state index contributed by atoms with van der Waals surface area (Å²) in [7, 11) is 0. The van der Waals surface area contributed by atoms with Gasteiger partial charge in [0.2, 0.25) is 6.08 Å². The minimum Gasteiger partial charge on any atom is -0.303 e. The Morgan fingerprint density at radius 3 is 3.08 bits per heavy atom. The predicted molar refractivity (Wildman–Crippen MR) is 45.6 cm³/mol. The van der Waals surface area contributed by atoms with Gasteiger partial charge in [-0.2, -0.15) is 10.3 Å². The van der Waals surface area contributed by atoms with Crippen LogP contribution in [0.2, 0.25) is 0 Å². The van der Waals surface area contributed by atoms with Crippen molar-refractivity contribution in [3.63, 3.8) is 0 Å². The standard InChI is InChI=1S/C9H11N3O/c10-6-9(11-7-13)2-4-12-3-1-8(9)5-12/h8H,1-5H2. The molecular weight excluding hydrogens is 166 g/mol. The first-order valence-corrected chi connectivity index (χ1v) is 4.53. The number of carbonyl (C=O) groups excluding carboxylic acids is 1. The van der Waals surface area contributed by atoms with Gasteiger partial charge in [0.15, 0.2) is 5.54 Å². The predicted octanol–water partition coefficient (Wildman–Crippen LogP) is 0.310. The lowest BCUT2D eigenvalue weighted by atomic mass is 9.81. The van der Waals surface area contributed by atoms with Crippen molar-refractivity contribution in [2.45, 2.75) is 18.4 Å². The quantitative estimate of drug-likeness (QED) is 0.428. The van der Waals surface area contributed by atoms with Crippen molar-refractivity contribution in [3.05, 3.63) is 0 Å². The van der Waals surface area contributed by atoms with Crippen molar-refractivity contribution in [1.82, 2.24) is 4.90 Å². The van der Waals surface area contributed by atoms with E-state index < -0.39 is 5.54 Å². The molecule has 2 bridgehead atoms. The Labute approximate surface area is 76.9 Å². The molecule has 0 aromatic rings. The van der Waals surface area contributed by atoms with Gasteiger partial charge in [0.25, 0.3) is 0 Å². The fourth-order valence-corrected chi connectivity index (χ4v) is 2.36. The summed E-state index contributed by atoms with van der Waals surface area (Å²) in [5.41, 5.74) is -0.755. The van der Waals surface area contributed by atoms with Crippen LogP contribution in [0.5, 0.6) is 0 Å². The van der Waals surface area contributed by atoms with Gasteiger partial charge in [-0.3, -0.25) is 0 Å². The molecule has 2 heterocycles. The van der Waals surface area contributed by atoms with Crippen LogP contribution in [0.3, 0.4) is 0 Å². The first-order valence-electron chi connectivity index (χ1n) is 4.53. The van der Waals surface area contributed by atoms with Gasteiger partial charge >= 0.3 is 0 Å². The van der Waals surface area contributed by atoms with Gasteiger partial charge in [-0.25, -0.2) is 4.79 Å². The van der Waals surface area contributed by atoms with E-state index in [-0.39, 0.29) is 5.92 Å². The summed E-state index contributed by atoms with van der Waals surface area (Å²) in [6, 6.07) is 2.19. The number of piperidine rings is 1. The van der Waals surface area contributed by atoms with Crippen LogP contribution in [0.25, 0.3) is 0 Å². The average molecular weight is 177 g/mol. The SMILES string of the molecule is N#CC1(N=C=O)CCN2CCC1C2. The van der Waals surface area contributed by atoms with Gasteiger partial charge in [-0.15, -0.1) is 0 Å². The van der Waals surface area contributed by atoms with Crippen LogP contribution >= 0.6 is 0 Å². The molecule has 4 heteroatoms. The highest BCUT2D eigenvalue weighted by atomic mass is 16.1. The molecule has 0 saturated carbocycles. The van der Waals surface area contributed by atoms with Crippen molar-refractivity contribution in [1.29, 1.82) is 5.26 Å². The Morgan fingerprint density at radius 2 is 2.38 bits per heavy atom. The first kappa shape index (κ1) is 8.43. The zero-order chi connectivity index (χ0) is 9.31. The molecule has 0 aliphatic carbocycles. The lowest BCUT2D eigenvalue weighted by Gasteiger charge is -2.32. The molecule has 0 aromatic carbocycles. The number of fused-ring (bicyclic) bond motifs is 2. The molecular formula is C9H11N3O. The molecule has 2 aliphatic heterocycles. The number of aliphatic imine (C=N–C) groups is 1. The summed E-state index contributed by atoms with van der Waals surface area (Å²) in [6.07, 6.45) is 3.21. The summed E-state index contributed by atoms with van der Waals surface area (Å²) in [5, 5.41) is 9.05. The maximum absolute atomic E-state index is 10.3. The highest BCUT2D eigenvalue weighted by molar-refractivity contribution is 5.38. The Hall–Kier alpha value is -1.17. The van der Waals surface area contributed by atoms with Crippen LogP contribution in [-0.4, -0.2) is 36.2 Å². The third kappa shape index (κ3) is 1.17. The molecule has 2 saturated heterocycles. The van der Waals surface area contributed by atoms with Gasteiger partial charge in [-0.05, 0) is 19.4 Å². The molecule has 0 radical (unpaired) electrons. The molecule has 2 rings (SSSR count). The Morgan fingerprint density at radius 1 is 1.54 bits per heavy atom. The van der Waals surface area contributed by atoms with Crippen molar-refractivity contribution in [2.24, 2.45) is 10.9 Å². The Balaban J connectivity index is 2.30. The second kappa shape index (κ2) is 2.95. The summed E-state index contributed by atoms with van der Waals surface area (Å²) in [5.74, 6) is 0.243. The smallest absolute Gasteiger partial charge is 0.236 e. The number of nitriles is 1. The second-order valence-corrected chi connectivity index (χ2v) is 3.78. The third-order valence-electron chi connectivity index (χ3n) is 3.20. The molecule has 0 spiro atoms. The zero-order valence-corrected chi connectivity index (χ0v) is 7.36. The summed E-state index contributed by atoms with van der Waals surface area (Å²) >= 11 is 0. The lowest BCUT2D eigenvalue weighted by molar-refractivity contribution is 0.209. The normalized spacial score (nSPS) is 42.1. The Bertz CT molecular complexity index is 302. The van der Waals surface area contributed by atoms with Gasteiger partial charge in [0.1, 0.15) is 0 Å². The van der Waals surface area contributed by atoms with Gasteiger partial charge in [0, 0.05) is 19.0 Å².